The first-order valence-electron chi connectivity index (χ1n) is 4.67. The molecule has 1 fully saturated rings. The number of hydrogen-bond acceptors (Lipinski definition) is 2. The van der Waals surface area contributed by atoms with E-state index in [9.17, 15) is 9.18 Å². The van der Waals surface area contributed by atoms with Crippen molar-refractivity contribution in [2.75, 3.05) is 0 Å². The van der Waals surface area contributed by atoms with Gasteiger partial charge in [0.25, 0.3) is 0 Å². The summed E-state index contributed by atoms with van der Waals surface area (Å²) in [6, 6.07) is 4.56. The lowest BCUT2D eigenvalue weighted by atomic mass is 9.97. The number of halogens is 1. The van der Waals surface area contributed by atoms with Gasteiger partial charge in [-0.1, -0.05) is 12.1 Å². The van der Waals surface area contributed by atoms with Gasteiger partial charge in [-0.2, -0.15) is 0 Å². The van der Waals surface area contributed by atoms with Gasteiger partial charge in [-0.05, 0) is 24.0 Å². The van der Waals surface area contributed by atoms with Gasteiger partial charge in [-0.3, -0.25) is 4.79 Å². The first-order chi connectivity index (χ1) is 6.68. The normalized spacial score (nSPS) is 21.5. The monoisotopic (exact) mass is 194 g/mol. The predicted octanol–water partition coefficient (Wildman–Crippen LogP) is 2.37. The SMILES string of the molecule is O=C1CCC(c2cccc(O)c2F)C1. The van der Waals surface area contributed by atoms with Gasteiger partial charge in [-0.25, -0.2) is 4.39 Å². The van der Waals surface area contributed by atoms with E-state index in [-0.39, 0.29) is 17.5 Å². The maximum Gasteiger partial charge on any atom is 0.168 e. The number of rotatable bonds is 1. The van der Waals surface area contributed by atoms with E-state index in [2.05, 4.69) is 0 Å². The third-order valence-electron chi connectivity index (χ3n) is 2.69. The van der Waals surface area contributed by atoms with E-state index in [0.717, 1.165) is 0 Å². The van der Waals surface area contributed by atoms with Crippen molar-refractivity contribution >= 4 is 5.78 Å². The van der Waals surface area contributed by atoms with E-state index in [4.69, 9.17) is 5.11 Å². The number of phenolic OH excluding ortho intramolecular Hbond substituents is 1. The van der Waals surface area contributed by atoms with E-state index < -0.39 is 5.82 Å². The summed E-state index contributed by atoms with van der Waals surface area (Å²) < 4.78 is 13.4. The van der Waals surface area contributed by atoms with Crippen LogP contribution in [0, 0.1) is 5.82 Å². The Hall–Kier alpha value is -1.38. The zero-order valence-corrected chi connectivity index (χ0v) is 7.66. The Morgan fingerprint density at radius 2 is 2.21 bits per heavy atom. The summed E-state index contributed by atoms with van der Waals surface area (Å²) in [6.07, 6.45) is 1.62. The van der Waals surface area contributed by atoms with Crippen molar-refractivity contribution in [3.05, 3.63) is 29.6 Å². The summed E-state index contributed by atoms with van der Waals surface area (Å²) in [6.45, 7) is 0. The molecule has 1 aromatic carbocycles. The van der Waals surface area contributed by atoms with Crippen LogP contribution in [-0.2, 0) is 4.79 Å². The average molecular weight is 194 g/mol. The number of aromatic hydroxyl groups is 1. The van der Waals surface area contributed by atoms with Crippen molar-refractivity contribution in [2.24, 2.45) is 0 Å². The van der Waals surface area contributed by atoms with E-state index in [1.165, 1.54) is 6.07 Å². The number of carbonyl (C=O) groups is 1. The molecule has 14 heavy (non-hydrogen) atoms. The maximum atomic E-state index is 13.4. The lowest BCUT2D eigenvalue weighted by Crippen LogP contribution is -1.97. The van der Waals surface area contributed by atoms with Crippen LogP contribution in [0.15, 0.2) is 18.2 Å². The smallest absolute Gasteiger partial charge is 0.168 e. The molecule has 0 aromatic heterocycles. The van der Waals surface area contributed by atoms with Gasteiger partial charge in [0, 0.05) is 12.8 Å². The van der Waals surface area contributed by atoms with Gasteiger partial charge in [0.05, 0.1) is 0 Å². The fourth-order valence-electron chi connectivity index (χ4n) is 1.93. The number of carbonyl (C=O) groups excluding carboxylic acids is 1. The molecule has 3 heteroatoms. The Labute approximate surface area is 81.4 Å². The number of phenols is 1. The van der Waals surface area contributed by atoms with Gasteiger partial charge in [-0.15, -0.1) is 0 Å². The van der Waals surface area contributed by atoms with Gasteiger partial charge < -0.3 is 5.11 Å². The summed E-state index contributed by atoms with van der Waals surface area (Å²) in [5, 5.41) is 9.17. The van der Waals surface area contributed by atoms with Crippen LogP contribution < -0.4 is 0 Å². The molecule has 1 aliphatic carbocycles. The van der Waals surface area contributed by atoms with Crippen molar-refractivity contribution in [2.45, 2.75) is 25.2 Å². The fourth-order valence-corrected chi connectivity index (χ4v) is 1.93. The first kappa shape index (κ1) is 9.19. The molecule has 0 spiro atoms. The zero-order valence-electron chi connectivity index (χ0n) is 7.66. The van der Waals surface area contributed by atoms with Crippen LogP contribution in [0.5, 0.6) is 5.75 Å². The van der Waals surface area contributed by atoms with Crippen molar-refractivity contribution in [3.63, 3.8) is 0 Å². The molecule has 0 radical (unpaired) electrons. The molecule has 2 nitrogen and oxygen atoms in total. The van der Waals surface area contributed by atoms with E-state index in [1.54, 1.807) is 12.1 Å². The Morgan fingerprint density at radius 1 is 1.43 bits per heavy atom. The minimum Gasteiger partial charge on any atom is -0.505 e. The van der Waals surface area contributed by atoms with Crippen LogP contribution >= 0.6 is 0 Å². The van der Waals surface area contributed by atoms with Crippen LogP contribution in [0.3, 0.4) is 0 Å². The number of benzene rings is 1. The highest BCUT2D eigenvalue weighted by atomic mass is 19.1. The van der Waals surface area contributed by atoms with Gasteiger partial charge in [0.1, 0.15) is 5.78 Å². The highest BCUT2D eigenvalue weighted by Gasteiger charge is 2.26. The molecule has 1 saturated carbocycles. The Kier molecular flexibility index (Phi) is 2.23. The van der Waals surface area contributed by atoms with Crippen LogP contribution in [0.1, 0.15) is 30.7 Å². The Balaban J connectivity index is 2.32. The summed E-state index contributed by atoms with van der Waals surface area (Å²) in [4.78, 5) is 11.0. The molecule has 74 valence electrons. The minimum absolute atomic E-state index is 0.0467. The van der Waals surface area contributed by atoms with E-state index >= 15 is 0 Å². The topological polar surface area (TPSA) is 37.3 Å². The van der Waals surface area contributed by atoms with Gasteiger partial charge >= 0.3 is 0 Å². The molecule has 1 unspecified atom stereocenters. The Morgan fingerprint density at radius 3 is 2.86 bits per heavy atom. The molecule has 0 amide bonds. The molecule has 0 saturated heterocycles. The highest BCUT2D eigenvalue weighted by Crippen LogP contribution is 2.35. The van der Waals surface area contributed by atoms with Crippen molar-refractivity contribution in [3.8, 4) is 5.75 Å². The maximum absolute atomic E-state index is 13.4. The lowest BCUT2D eigenvalue weighted by molar-refractivity contribution is -0.117. The fraction of sp³-hybridized carbons (Fsp3) is 0.364. The van der Waals surface area contributed by atoms with Crippen LogP contribution in [0.4, 0.5) is 4.39 Å². The largest absolute Gasteiger partial charge is 0.505 e. The predicted molar refractivity (Wildman–Crippen MR) is 49.7 cm³/mol. The van der Waals surface area contributed by atoms with Gasteiger partial charge in [0.15, 0.2) is 11.6 Å². The second kappa shape index (κ2) is 3.40. The molecule has 1 aliphatic rings. The molecular weight excluding hydrogens is 183 g/mol. The van der Waals surface area contributed by atoms with Gasteiger partial charge in [0.2, 0.25) is 0 Å². The molecule has 0 heterocycles. The quantitative estimate of drug-likeness (QED) is 0.745. The molecular formula is C11H11FO2. The van der Waals surface area contributed by atoms with E-state index in [1.807, 2.05) is 0 Å². The zero-order chi connectivity index (χ0) is 10.1. The molecule has 1 aromatic rings. The first-order valence-corrected chi connectivity index (χ1v) is 4.67. The second-order valence-corrected chi connectivity index (χ2v) is 3.66. The average Bonchev–Trinajstić information content (AvgIpc) is 2.57. The van der Waals surface area contributed by atoms with Crippen molar-refractivity contribution in [1.82, 2.24) is 0 Å². The van der Waals surface area contributed by atoms with Crippen molar-refractivity contribution in [1.29, 1.82) is 0 Å². The second-order valence-electron chi connectivity index (χ2n) is 3.66. The molecule has 1 atom stereocenters. The third-order valence-corrected chi connectivity index (χ3v) is 2.69. The summed E-state index contributed by atoms with van der Waals surface area (Å²) >= 11 is 0. The van der Waals surface area contributed by atoms with E-state index in [0.29, 0.717) is 24.8 Å². The third kappa shape index (κ3) is 1.50. The van der Waals surface area contributed by atoms with Crippen LogP contribution in [0.25, 0.3) is 0 Å². The number of Topliss-reactive ketones (excluding diaryl/α,β-unsaturated/α-hetero) is 1. The summed E-state index contributed by atoms with van der Waals surface area (Å²) in [5.74, 6) is -0.776. The Bertz CT molecular complexity index is 374. The molecule has 0 bridgehead atoms. The minimum atomic E-state index is -0.577. The summed E-state index contributed by atoms with van der Waals surface area (Å²) in [5.41, 5.74) is 0.468. The van der Waals surface area contributed by atoms with Crippen LogP contribution in [-0.4, -0.2) is 10.9 Å². The van der Waals surface area contributed by atoms with Crippen LogP contribution in [0.2, 0.25) is 0 Å². The highest BCUT2D eigenvalue weighted by molar-refractivity contribution is 5.81. The lowest BCUT2D eigenvalue weighted by Gasteiger charge is -2.10. The summed E-state index contributed by atoms with van der Waals surface area (Å²) in [7, 11) is 0. The van der Waals surface area contributed by atoms with Crippen molar-refractivity contribution < 1.29 is 14.3 Å². The number of hydrogen-bond donors (Lipinski definition) is 1. The molecule has 0 aliphatic heterocycles. The standard InChI is InChI=1S/C11H11FO2/c12-11-9(2-1-3-10(11)14)7-4-5-8(13)6-7/h1-3,7,14H,4-6H2. The number of ketones is 1. The molecule has 2 rings (SSSR count). The molecule has 1 N–H and O–H groups in total.